The molecule has 0 saturated heterocycles. The molecule has 0 amide bonds. The standard InChI is InChI=1S/C19H29NO2S/c1-2-3-4-5-6-7-8-9-10-11-12-15-18-17(23-14-20-18)13-16(21)19(15)22/h13-14,21-22H,2-12H2,1H3. The molecule has 1 heterocycles. The van der Waals surface area contributed by atoms with Gasteiger partial charge in [-0.3, -0.25) is 0 Å². The first kappa shape index (κ1) is 18.1. The van der Waals surface area contributed by atoms with Crippen LogP contribution in [0, 0.1) is 0 Å². The zero-order valence-electron chi connectivity index (χ0n) is 14.2. The number of hydrogen-bond donors (Lipinski definition) is 2. The van der Waals surface area contributed by atoms with Crippen LogP contribution in [-0.4, -0.2) is 15.2 Å². The van der Waals surface area contributed by atoms with E-state index in [1.165, 1.54) is 69.1 Å². The normalized spacial score (nSPS) is 11.3. The SMILES string of the molecule is CCCCCCCCCCCCc1c(O)c(O)cc2scnc12. The Balaban J connectivity index is 1.67. The van der Waals surface area contributed by atoms with Gasteiger partial charge in [-0.05, 0) is 12.8 Å². The first-order chi connectivity index (χ1) is 11.2. The Labute approximate surface area is 143 Å². The highest BCUT2D eigenvalue weighted by atomic mass is 32.1. The largest absolute Gasteiger partial charge is 0.504 e. The molecule has 0 unspecified atom stereocenters. The molecular formula is C19H29NO2S. The summed E-state index contributed by atoms with van der Waals surface area (Å²) in [6.07, 6.45) is 13.7. The van der Waals surface area contributed by atoms with Crippen LogP contribution in [0.15, 0.2) is 11.6 Å². The third-order valence-corrected chi connectivity index (χ3v) is 5.23. The van der Waals surface area contributed by atoms with Gasteiger partial charge in [0.1, 0.15) is 0 Å². The molecule has 3 nitrogen and oxygen atoms in total. The van der Waals surface area contributed by atoms with Gasteiger partial charge in [0.15, 0.2) is 11.5 Å². The summed E-state index contributed by atoms with van der Waals surface area (Å²) in [5, 5.41) is 19.9. The van der Waals surface area contributed by atoms with Gasteiger partial charge in [0, 0.05) is 11.6 Å². The molecule has 2 N–H and O–H groups in total. The van der Waals surface area contributed by atoms with Gasteiger partial charge in [0.2, 0.25) is 0 Å². The summed E-state index contributed by atoms with van der Waals surface area (Å²) < 4.78 is 0.947. The van der Waals surface area contributed by atoms with Gasteiger partial charge in [-0.1, -0.05) is 64.7 Å². The number of nitrogens with zero attached hydrogens (tertiary/aromatic N) is 1. The van der Waals surface area contributed by atoms with E-state index in [-0.39, 0.29) is 11.5 Å². The number of rotatable bonds is 11. The fourth-order valence-electron chi connectivity index (χ4n) is 3.07. The Morgan fingerprint density at radius 3 is 2.17 bits per heavy atom. The summed E-state index contributed by atoms with van der Waals surface area (Å²) >= 11 is 1.50. The number of hydrogen-bond acceptors (Lipinski definition) is 4. The number of aryl methyl sites for hydroxylation is 1. The van der Waals surface area contributed by atoms with Crippen LogP contribution in [0.2, 0.25) is 0 Å². The Hall–Kier alpha value is -1.29. The number of unbranched alkanes of at least 4 members (excludes halogenated alkanes) is 9. The van der Waals surface area contributed by atoms with Gasteiger partial charge in [-0.2, -0.15) is 0 Å². The summed E-state index contributed by atoms with van der Waals surface area (Å²) in [7, 11) is 0. The van der Waals surface area contributed by atoms with Crippen molar-refractivity contribution in [2.24, 2.45) is 0 Å². The minimum atomic E-state index is -0.0242. The maximum Gasteiger partial charge on any atom is 0.162 e. The minimum Gasteiger partial charge on any atom is -0.504 e. The van der Waals surface area contributed by atoms with Crippen molar-refractivity contribution in [1.82, 2.24) is 4.98 Å². The fraction of sp³-hybridized carbons (Fsp3) is 0.632. The van der Waals surface area contributed by atoms with Crippen molar-refractivity contribution >= 4 is 21.6 Å². The van der Waals surface area contributed by atoms with Crippen molar-refractivity contribution in [3.63, 3.8) is 0 Å². The van der Waals surface area contributed by atoms with E-state index < -0.39 is 0 Å². The number of fused-ring (bicyclic) bond motifs is 1. The molecule has 0 atom stereocenters. The van der Waals surface area contributed by atoms with Gasteiger partial charge < -0.3 is 10.2 Å². The third-order valence-electron chi connectivity index (χ3n) is 4.46. The van der Waals surface area contributed by atoms with Crippen molar-refractivity contribution in [1.29, 1.82) is 0 Å². The number of phenols is 2. The predicted octanol–water partition coefficient (Wildman–Crippen LogP) is 6.17. The third kappa shape index (κ3) is 5.38. The molecule has 2 rings (SSSR count). The van der Waals surface area contributed by atoms with Crippen LogP contribution in [0.25, 0.3) is 10.2 Å². The monoisotopic (exact) mass is 335 g/mol. The van der Waals surface area contributed by atoms with Crippen molar-refractivity contribution in [2.75, 3.05) is 0 Å². The van der Waals surface area contributed by atoms with E-state index in [1.807, 2.05) is 0 Å². The minimum absolute atomic E-state index is 0.0133. The molecule has 1 aromatic carbocycles. The van der Waals surface area contributed by atoms with Crippen LogP contribution >= 0.6 is 11.3 Å². The van der Waals surface area contributed by atoms with E-state index in [0.29, 0.717) is 0 Å². The second kappa shape index (κ2) is 9.76. The average Bonchev–Trinajstić information content (AvgIpc) is 3.00. The molecule has 0 aliphatic carbocycles. The highest BCUT2D eigenvalue weighted by molar-refractivity contribution is 7.16. The summed E-state index contributed by atoms with van der Waals surface area (Å²) in [6, 6.07) is 1.60. The van der Waals surface area contributed by atoms with Crippen molar-refractivity contribution in [3.05, 3.63) is 17.1 Å². The van der Waals surface area contributed by atoms with Crippen LogP contribution < -0.4 is 0 Å². The summed E-state index contributed by atoms with van der Waals surface area (Å²) in [5.74, 6) is -0.0110. The Kier molecular flexibility index (Phi) is 7.66. The lowest BCUT2D eigenvalue weighted by Gasteiger charge is -2.07. The number of aromatic nitrogens is 1. The molecular weight excluding hydrogens is 306 g/mol. The lowest BCUT2D eigenvalue weighted by Crippen LogP contribution is -1.90. The maximum absolute atomic E-state index is 10.1. The van der Waals surface area contributed by atoms with Crippen LogP contribution in [-0.2, 0) is 6.42 Å². The molecule has 4 heteroatoms. The Morgan fingerprint density at radius 1 is 0.913 bits per heavy atom. The fourth-order valence-corrected chi connectivity index (χ4v) is 3.81. The highest BCUT2D eigenvalue weighted by Crippen LogP contribution is 2.37. The quantitative estimate of drug-likeness (QED) is 0.381. The number of phenolic OH excluding ortho intramolecular Hbond substituents is 2. The molecule has 1 aromatic heterocycles. The van der Waals surface area contributed by atoms with Gasteiger partial charge in [0.05, 0.1) is 15.7 Å². The molecule has 0 aliphatic heterocycles. The smallest absolute Gasteiger partial charge is 0.162 e. The van der Waals surface area contributed by atoms with Gasteiger partial charge in [0.25, 0.3) is 0 Å². The van der Waals surface area contributed by atoms with E-state index in [1.54, 1.807) is 11.6 Å². The molecule has 0 bridgehead atoms. The van der Waals surface area contributed by atoms with Crippen molar-refractivity contribution in [3.8, 4) is 11.5 Å². The first-order valence-corrected chi connectivity index (χ1v) is 9.89. The first-order valence-electron chi connectivity index (χ1n) is 9.01. The summed E-state index contributed by atoms with van der Waals surface area (Å²) in [5.41, 5.74) is 3.42. The zero-order chi connectivity index (χ0) is 16.5. The van der Waals surface area contributed by atoms with Gasteiger partial charge in [-0.25, -0.2) is 4.98 Å². The molecule has 0 fully saturated rings. The van der Waals surface area contributed by atoms with Gasteiger partial charge in [-0.15, -0.1) is 11.3 Å². The molecule has 23 heavy (non-hydrogen) atoms. The average molecular weight is 336 g/mol. The van der Waals surface area contributed by atoms with E-state index in [9.17, 15) is 10.2 Å². The van der Waals surface area contributed by atoms with Crippen LogP contribution in [0.5, 0.6) is 11.5 Å². The second-order valence-corrected chi connectivity index (χ2v) is 7.24. The van der Waals surface area contributed by atoms with E-state index in [2.05, 4.69) is 11.9 Å². The lowest BCUT2D eigenvalue weighted by atomic mass is 10.0. The zero-order valence-corrected chi connectivity index (χ0v) is 15.0. The van der Waals surface area contributed by atoms with Gasteiger partial charge >= 0.3 is 0 Å². The van der Waals surface area contributed by atoms with Crippen LogP contribution in [0.4, 0.5) is 0 Å². The summed E-state index contributed by atoms with van der Waals surface area (Å²) in [4.78, 5) is 4.33. The topological polar surface area (TPSA) is 53.4 Å². The number of benzene rings is 1. The molecule has 0 saturated carbocycles. The highest BCUT2D eigenvalue weighted by Gasteiger charge is 2.13. The van der Waals surface area contributed by atoms with Crippen LogP contribution in [0.1, 0.15) is 76.7 Å². The number of aromatic hydroxyl groups is 2. The molecule has 0 radical (unpaired) electrons. The Bertz CT molecular complexity index is 594. The Morgan fingerprint density at radius 2 is 1.52 bits per heavy atom. The van der Waals surface area contributed by atoms with E-state index in [4.69, 9.17) is 0 Å². The number of thiazole rings is 1. The molecule has 0 aliphatic rings. The maximum atomic E-state index is 10.1. The predicted molar refractivity (Wildman–Crippen MR) is 98.5 cm³/mol. The molecule has 2 aromatic rings. The molecule has 128 valence electrons. The van der Waals surface area contributed by atoms with Crippen molar-refractivity contribution in [2.45, 2.75) is 77.6 Å². The lowest BCUT2D eigenvalue weighted by molar-refractivity contribution is 0.400. The van der Waals surface area contributed by atoms with E-state index in [0.717, 1.165) is 28.6 Å². The van der Waals surface area contributed by atoms with Crippen molar-refractivity contribution < 1.29 is 10.2 Å². The summed E-state index contributed by atoms with van der Waals surface area (Å²) in [6.45, 7) is 2.25. The van der Waals surface area contributed by atoms with Crippen LogP contribution in [0.3, 0.4) is 0 Å². The van der Waals surface area contributed by atoms with E-state index >= 15 is 0 Å². The second-order valence-electron chi connectivity index (χ2n) is 6.35. The molecule has 0 spiro atoms.